The smallest absolute Gasteiger partial charge is 0.330 e. The van der Waals surface area contributed by atoms with E-state index in [2.05, 4.69) is 9.90 Å². The van der Waals surface area contributed by atoms with Gasteiger partial charge in [-0.25, -0.2) is 4.79 Å². The molecule has 0 aromatic carbocycles. The highest BCUT2D eigenvalue weighted by Gasteiger charge is 2.38. The molecule has 1 atom stereocenters. The van der Waals surface area contributed by atoms with E-state index < -0.39 is 16.8 Å². The van der Waals surface area contributed by atoms with Gasteiger partial charge in [-0.1, -0.05) is 13.3 Å². The number of carbonyl (C=O) groups is 2. The molecule has 0 bridgehead atoms. The molecular weight excluding hydrogens is 256 g/mol. The summed E-state index contributed by atoms with van der Waals surface area (Å²) in [7, 11) is 0. The molecule has 6 nitrogen and oxygen atoms in total. The van der Waals surface area contributed by atoms with Crippen LogP contribution in [0.1, 0.15) is 40.5 Å². The molecule has 0 aromatic rings. The Morgan fingerprint density at radius 3 is 2.50 bits per heavy atom. The summed E-state index contributed by atoms with van der Waals surface area (Å²) in [4.78, 5) is 33.3. The Balaban J connectivity index is 4.70. The molecule has 0 spiro atoms. The van der Waals surface area contributed by atoms with Crippen molar-refractivity contribution < 1.29 is 14.3 Å². The number of hydrogen-bond donors (Lipinski definition) is 1. The lowest BCUT2D eigenvalue weighted by molar-refractivity contribution is -0.148. The van der Waals surface area contributed by atoms with Crippen LogP contribution in [0.4, 0.5) is 0 Å². The van der Waals surface area contributed by atoms with Crippen molar-refractivity contribution in [3.63, 3.8) is 0 Å². The molecule has 18 heavy (non-hydrogen) atoms. The molecule has 0 aliphatic carbocycles. The highest BCUT2D eigenvalue weighted by Crippen LogP contribution is 2.29. The molecule has 1 N–H and O–H groups in total. The van der Waals surface area contributed by atoms with Gasteiger partial charge in [0.15, 0.2) is 0 Å². The molecule has 0 saturated heterocycles. The molecule has 0 aliphatic rings. The Hall–Kier alpha value is -1.11. The summed E-state index contributed by atoms with van der Waals surface area (Å²) in [6.45, 7) is 6.90. The van der Waals surface area contributed by atoms with Crippen LogP contribution in [0.25, 0.3) is 0 Å². The minimum atomic E-state index is -0.894. The predicted octanol–water partition coefficient (Wildman–Crippen LogP) is 2.03. The highest BCUT2D eigenvalue weighted by atomic mass is 32.2. The van der Waals surface area contributed by atoms with Gasteiger partial charge in [-0.15, -0.1) is 4.91 Å². The van der Waals surface area contributed by atoms with E-state index in [1.54, 1.807) is 13.8 Å². The quantitative estimate of drug-likeness (QED) is 0.317. The van der Waals surface area contributed by atoms with Gasteiger partial charge in [0.2, 0.25) is 5.91 Å². The van der Waals surface area contributed by atoms with Gasteiger partial charge in [0.25, 0.3) is 0 Å². The van der Waals surface area contributed by atoms with E-state index in [0.717, 1.165) is 12.8 Å². The number of amides is 1. The van der Waals surface area contributed by atoms with Gasteiger partial charge in [0.05, 0.1) is 11.4 Å². The second kappa shape index (κ2) is 8.07. The Bertz CT molecular complexity index is 307. The van der Waals surface area contributed by atoms with Crippen LogP contribution in [-0.2, 0) is 14.3 Å². The molecule has 0 fully saturated rings. The fraction of sp³-hybridized carbons (Fsp3) is 0.818. The Morgan fingerprint density at radius 2 is 2.06 bits per heavy atom. The van der Waals surface area contributed by atoms with Crippen molar-refractivity contribution in [1.82, 2.24) is 5.32 Å². The Labute approximate surface area is 111 Å². The van der Waals surface area contributed by atoms with E-state index >= 15 is 0 Å². The van der Waals surface area contributed by atoms with Crippen LogP contribution < -0.4 is 5.32 Å². The lowest BCUT2D eigenvalue weighted by Crippen LogP contribution is -2.52. The first-order chi connectivity index (χ1) is 8.35. The standard InChI is InChI=1S/C11H20N2O4S/c1-5-6-7-17-10(15)9(12-8(2)14)11(3,4)18-13-16/h9H,5-7H2,1-4H3,(H,12,14)/t9-/m1/s1. The maximum atomic E-state index is 11.9. The summed E-state index contributed by atoms with van der Waals surface area (Å²) in [5.74, 6) is -0.896. The van der Waals surface area contributed by atoms with Gasteiger partial charge >= 0.3 is 5.97 Å². The zero-order valence-corrected chi connectivity index (χ0v) is 12.0. The van der Waals surface area contributed by atoms with Gasteiger partial charge < -0.3 is 10.1 Å². The zero-order valence-electron chi connectivity index (χ0n) is 11.2. The number of hydrogen-bond acceptors (Lipinski definition) is 6. The molecule has 0 rings (SSSR count). The molecule has 0 saturated carbocycles. The van der Waals surface area contributed by atoms with E-state index in [4.69, 9.17) is 4.74 Å². The number of ether oxygens (including phenoxy) is 1. The minimum Gasteiger partial charge on any atom is -0.464 e. The van der Waals surface area contributed by atoms with Crippen molar-refractivity contribution in [2.75, 3.05) is 6.61 Å². The van der Waals surface area contributed by atoms with Crippen molar-refractivity contribution in [3.8, 4) is 0 Å². The van der Waals surface area contributed by atoms with Gasteiger partial charge in [0.1, 0.15) is 6.04 Å². The lowest BCUT2D eigenvalue weighted by Gasteiger charge is -2.29. The number of nitroso groups, excluding NO2 is 1. The monoisotopic (exact) mass is 276 g/mol. The third-order valence-electron chi connectivity index (χ3n) is 2.29. The summed E-state index contributed by atoms with van der Waals surface area (Å²) < 4.78 is 6.94. The Morgan fingerprint density at radius 1 is 1.44 bits per heavy atom. The predicted molar refractivity (Wildman–Crippen MR) is 70.9 cm³/mol. The fourth-order valence-electron chi connectivity index (χ4n) is 1.27. The SMILES string of the molecule is CCCCOC(=O)[C@@H](NC(C)=O)C(C)(C)SN=O. The van der Waals surface area contributed by atoms with E-state index in [-0.39, 0.29) is 5.91 Å². The third-order valence-corrected chi connectivity index (χ3v) is 3.07. The van der Waals surface area contributed by atoms with Gasteiger partial charge in [-0.2, -0.15) is 0 Å². The van der Waals surface area contributed by atoms with Crippen molar-refractivity contribution in [1.29, 1.82) is 0 Å². The number of rotatable bonds is 8. The van der Waals surface area contributed by atoms with Gasteiger partial charge in [-0.05, 0) is 20.3 Å². The largest absolute Gasteiger partial charge is 0.464 e. The summed E-state index contributed by atoms with van der Waals surface area (Å²) in [5, 5.41) is 2.50. The number of nitrogens with zero attached hydrogens (tertiary/aromatic N) is 1. The summed E-state index contributed by atoms with van der Waals surface area (Å²) in [5.41, 5.74) is 0. The molecular formula is C11H20N2O4S. The van der Waals surface area contributed by atoms with Crippen molar-refractivity contribution >= 4 is 23.8 Å². The second-order valence-electron chi connectivity index (χ2n) is 4.42. The number of unbranched alkanes of at least 4 members (excludes halogenated alkanes) is 1. The first-order valence-corrected chi connectivity index (χ1v) is 6.57. The maximum Gasteiger partial charge on any atom is 0.330 e. The fourth-order valence-corrected chi connectivity index (χ4v) is 1.72. The lowest BCUT2D eigenvalue weighted by atomic mass is 10.0. The van der Waals surface area contributed by atoms with Crippen molar-refractivity contribution in [2.24, 2.45) is 4.58 Å². The molecule has 0 aromatic heterocycles. The molecule has 7 heteroatoms. The average molecular weight is 276 g/mol. The average Bonchev–Trinajstić information content (AvgIpc) is 2.25. The van der Waals surface area contributed by atoms with Crippen molar-refractivity contribution in [2.45, 2.75) is 51.3 Å². The molecule has 0 radical (unpaired) electrons. The van der Waals surface area contributed by atoms with Crippen LogP contribution in [-0.4, -0.2) is 29.3 Å². The maximum absolute atomic E-state index is 11.9. The third kappa shape index (κ3) is 6.00. The van der Waals surface area contributed by atoms with Crippen LogP contribution in [0.2, 0.25) is 0 Å². The Kier molecular flexibility index (Phi) is 7.58. The van der Waals surface area contributed by atoms with Crippen LogP contribution in [0.3, 0.4) is 0 Å². The van der Waals surface area contributed by atoms with E-state index in [1.165, 1.54) is 6.92 Å². The summed E-state index contributed by atoms with van der Waals surface area (Å²) >= 11 is 0.705. The van der Waals surface area contributed by atoms with Gasteiger partial charge in [-0.3, -0.25) is 4.79 Å². The number of esters is 1. The van der Waals surface area contributed by atoms with Crippen LogP contribution in [0.5, 0.6) is 0 Å². The number of carbonyl (C=O) groups excluding carboxylic acids is 2. The zero-order chi connectivity index (χ0) is 14.2. The highest BCUT2D eigenvalue weighted by molar-refractivity contribution is 7.99. The van der Waals surface area contributed by atoms with Crippen LogP contribution >= 0.6 is 11.9 Å². The van der Waals surface area contributed by atoms with Crippen LogP contribution in [0, 0.1) is 4.91 Å². The van der Waals surface area contributed by atoms with Crippen LogP contribution in [0.15, 0.2) is 4.58 Å². The summed E-state index contributed by atoms with van der Waals surface area (Å²) in [6, 6.07) is -0.894. The first kappa shape index (κ1) is 16.9. The van der Waals surface area contributed by atoms with E-state index in [0.29, 0.717) is 18.6 Å². The second-order valence-corrected chi connectivity index (χ2v) is 5.81. The normalized spacial score (nSPS) is 12.7. The molecule has 0 aliphatic heterocycles. The topological polar surface area (TPSA) is 84.8 Å². The first-order valence-electron chi connectivity index (χ1n) is 5.79. The van der Waals surface area contributed by atoms with E-state index in [1.807, 2.05) is 6.92 Å². The molecule has 0 unspecified atom stereocenters. The number of nitrogens with one attached hydrogen (secondary N) is 1. The molecule has 0 heterocycles. The molecule has 1 amide bonds. The van der Waals surface area contributed by atoms with Gasteiger partial charge in [0, 0.05) is 23.5 Å². The minimum absolute atomic E-state index is 0.306. The molecule has 104 valence electrons. The summed E-state index contributed by atoms with van der Waals surface area (Å²) in [6.07, 6.45) is 1.67. The van der Waals surface area contributed by atoms with Crippen molar-refractivity contribution in [3.05, 3.63) is 4.91 Å². The van der Waals surface area contributed by atoms with E-state index in [9.17, 15) is 14.5 Å².